The minimum absolute atomic E-state index is 0. The van der Waals surface area contributed by atoms with Crippen molar-refractivity contribution in [1.29, 1.82) is 0 Å². The van der Waals surface area contributed by atoms with Gasteiger partial charge in [-0.3, -0.25) is 9.59 Å². The molecule has 0 atom stereocenters. The van der Waals surface area contributed by atoms with Crippen molar-refractivity contribution in [3.63, 3.8) is 0 Å². The number of aromatic nitrogens is 4. The summed E-state index contributed by atoms with van der Waals surface area (Å²) in [6.45, 7) is 3.17. The predicted molar refractivity (Wildman–Crippen MR) is 252 cm³/mol. The normalized spacial score (nSPS) is 11.0. The molecule has 18 nitrogen and oxygen atoms in total. The number of hydrogen-bond donors (Lipinski definition) is 4. The number of nitrogens with zero attached hydrogens (tertiary/aromatic N) is 8. The molecule has 0 aliphatic rings. The molecule has 4 N–H and O–H groups in total. The second-order valence-electron chi connectivity index (χ2n) is 14.4. The van der Waals surface area contributed by atoms with Gasteiger partial charge in [-0.1, -0.05) is 97.0 Å². The van der Waals surface area contributed by atoms with Crippen LogP contribution in [0.4, 0.5) is 22.7 Å². The van der Waals surface area contributed by atoms with Gasteiger partial charge in [-0.2, -0.15) is 10.2 Å². The van der Waals surface area contributed by atoms with E-state index in [-0.39, 0.29) is 88.7 Å². The number of phenolic OH excluding ortho intramolecular Hbond substituents is 2. The Bertz CT molecular complexity index is 3290. The number of azo groups is 2. The monoisotopic (exact) mass is 1010 g/mol. The molecule has 69 heavy (non-hydrogen) atoms. The van der Waals surface area contributed by atoms with E-state index in [0.29, 0.717) is 32.8 Å². The molecule has 0 saturated heterocycles. The molecule has 349 valence electrons. The van der Waals surface area contributed by atoms with Crippen LogP contribution in [-0.4, -0.2) is 63.5 Å². The van der Waals surface area contributed by atoms with Gasteiger partial charge in [0, 0.05) is 49.1 Å². The molecule has 0 bridgehead atoms. The van der Waals surface area contributed by atoms with Crippen LogP contribution in [0.3, 0.4) is 0 Å². The Labute approximate surface area is 414 Å². The Morgan fingerprint density at radius 2 is 0.899 bits per heavy atom. The summed E-state index contributed by atoms with van der Waals surface area (Å²) in [7, 11) is 0. The number of benzene rings is 6. The summed E-state index contributed by atoms with van der Waals surface area (Å²) >= 11 is 12.0. The summed E-state index contributed by atoms with van der Waals surface area (Å²) in [6, 6.07) is 32.5. The fraction of sp³-hybridized carbons (Fsp3) is 0.0417. The third kappa shape index (κ3) is 11.0. The van der Waals surface area contributed by atoms with Gasteiger partial charge in [0.2, 0.25) is 0 Å². The minimum Gasteiger partial charge on any atom is -0.506 e. The number of carbonyl (C=O) groups is 4. The van der Waals surface area contributed by atoms with E-state index in [1.54, 1.807) is 74.5 Å². The second-order valence-corrected chi connectivity index (χ2v) is 15.3. The van der Waals surface area contributed by atoms with Gasteiger partial charge in [0.05, 0.1) is 22.5 Å². The minimum atomic E-state index is -1.24. The Hall–Kier alpha value is -8.49. The molecule has 0 fully saturated rings. The van der Waals surface area contributed by atoms with E-state index in [2.05, 4.69) is 30.7 Å². The maximum atomic E-state index is 12.9. The average Bonchev–Trinajstić information content (AvgIpc) is 3.78. The molecule has 21 heteroatoms. The third-order valence-corrected chi connectivity index (χ3v) is 10.3. The van der Waals surface area contributed by atoms with Gasteiger partial charge in [0.25, 0.3) is 0 Å². The maximum Gasteiger partial charge on any atom is 1.00 e. The fourth-order valence-electron chi connectivity index (χ4n) is 6.54. The van der Waals surface area contributed by atoms with Crippen LogP contribution in [0.25, 0.3) is 11.4 Å². The molecule has 0 aliphatic heterocycles. The van der Waals surface area contributed by atoms with Gasteiger partial charge in [0.1, 0.15) is 34.0 Å². The van der Waals surface area contributed by atoms with Crippen molar-refractivity contribution in [3.05, 3.63) is 209 Å². The number of aromatic carboxylic acids is 2. The van der Waals surface area contributed by atoms with Crippen molar-refractivity contribution in [2.75, 3.05) is 0 Å². The Balaban J connectivity index is 0.000000360. The van der Waals surface area contributed by atoms with E-state index in [4.69, 9.17) is 23.2 Å². The summed E-state index contributed by atoms with van der Waals surface area (Å²) < 4.78 is 2.27. The number of phenols is 2. The molecule has 2 aromatic heterocycles. The fourth-order valence-corrected chi connectivity index (χ4v) is 6.90. The van der Waals surface area contributed by atoms with Crippen molar-refractivity contribution in [1.82, 2.24) is 19.6 Å². The molecule has 8 rings (SSSR count). The molecule has 0 amide bonds. The van der Waals surface area contributed by atoms with Gasteiger partial charge in [-0.05, 0) is 84.9 Å². The van der Waals surface area contributed by atoms with Gasteiger partial charge >= 0.3 is 16.2 Å². The Kier molecular flexibility index (Phi) is 15.5. The van der Waals surface area contributed by atoms with Crippen molar-refractivity contribution < 1.29 is 60.7 Å². The number of hydrogen-bond acceptors (Lipinski definition) is 14. The van der Waals surface area contributed by atoms with Crippen LogP contribution in [0.1, 0.15) is 68.2 Å². The van der Waals surface area contributed by atoms with Crippen molar-refractivity contribution >= 4 is 69.5 Å². The number of carboxylic acids is 2. The van der Waals surface area contributed by atoms with Crippen molar-refractivity contribution in [2.24, 2.45) is 20.5 Å². The molecule has 1 radical (unpaired) electrons. The van der Waals surface area contributed by atoms with E-state index >= 15 is 0 Å². The number of aromatic hydroxyl groups is 2. The molecule has 0 unspecified atom stereocenters. The molecule has 0 spiro atoms. The quantitative estimate of drug-likeness (QED) is 0.0506. The molecule has 0 aliphatic carbocycles. The largest absolute Gasteiger partial charge is 1.00 e. The van der Waals surface area contributed by atoms with E-state index in [1.807, 2.05) is 0 Å². The average molecular weight is 1010 g/mol. The summed E-state index contributed by atoms with van der Waals surface area (Å²) in [5, 5.41) is 64.1. The van der Waals surface area contributed by atoms with Gasteiger partial charge in [-0.15, -0.1) is 11.4 Å². The molecule has 8 aromatic rings. The Morgan fingerprint density at radius 1 is 0.536 bits per heavy atom. The molecule has 6 aromatic carbocycles. The zero-order valence-corrected chi connectivity index (χ0v) is 38.2. The standard InChI is InChI=1S/2C24H16ClN4O5.Co/c2*1-13-21(23(32)29(28-13)16-6-4-5-15(25)12-16)27-26-19-11-14(9-10-20(19)30)22(31)17-7-2-3-8-18(17)24(33)34;/h2*2-12,30H,1H3,(H,33,34);/q2*-1;/p+3. The van der Waals surface area contributed by atoms with Crippen LogP contribution in [-0.2, 0) is 16.8 Å². The number of ketones is 2. The summed E-state index contributed by atoms with van der Waals surface area (Å²) in [5.41, 5.74) is 0.0525. The van der Waals surface area contributed by atoms with Crippen molar-refractivity contribution in [3.8, 4) is 22.9 Å². The van der Waals surface area contributed by atoms with Crippen LogP contribution in [0.2, 0.25) is 10.0 Å². The first-order valence-electron chi connectivity index (χ1n) is 19.8. The molecule has 0 saturated carbocycles. The van der Waals surface area contributed by atoms with E-state index in [1.165, 1.54) is 72.8 Å². The van der Waals surface area contributed by atoms with Crippen molar-refractivity contribution in [2.45, 2.75) is 13.8 Å². The SMILES string of the molecule is Cc1nn(-c2cccc(Cl)c2)c(=O)[c-]1N=Nc1cc(C(=O)c2ccccc2C(=O)O)ccc1O.Cc1nn(-c2cccc(Cl)c2)c(=O)[c-]1N=Nc1cc(C(=O)c2ccccc2C(=O)O)ccc1O.[Co].[H+].[H+].[H+]. The van der Waals surface area contributed by atoms with Crippen LogP contribution in [0.15, 0.2) is 164 Å². The zero-order valence-electron chi connectivity index (χ0n) is 38.6. The number of carbonyl (C=O) groups excluding carboxylic acids is 2. The first-order chi connectivity index (χ1) is 32.5. The first-order valence-corrected chi connectivity index (χ1v) is 20.6. The topological polar surface area (TPSA) is 268 Å². The predicted octanol–water partition coefficient (Wildman–Crippen LogP) is 10.3. The van der Waals surface area contributed by atoms with Crippen LogP contribution < -0.4 is 11.1 Å². The smallest absolute Gasteiger partial charge is 0.506 e. The maximum absolute atomic E-state index is 12.9. The zero-order chi connectivity index (χ0) is 48.8. The number of aryl methyl sites for hydroxylation is 2. The van der Waals surface area contributed by atoms with E-state index in [9.17, 15) is 49.2 Å². The Morgan fingerprint density at radius 3 is 1.25 bits per heavy atom. The van der Waals surface area contributed by atoms with Gasteiger partial charge in [-0.25, -0.2) is 29.2 Å². The van der Waals surface area contributed by atoms with Crippen LogP contribution in [0.5, 0.6) is 11.5 Å². The third-order valence-electron chi connectivity index (χ3n) is 9.88. The van der Waals surface area contributed by atoms with Crippen LogP contribution >= 0.6 is 23.2 Å². The second kappa shape index (κ2) is 21.4. The van der Waals surface area contributed by atoms with Crippen LogP contribution in [0, 0.1) is 13.8 Å². The number of rotatable bonds is 12. The van der Waals surface area contributed by atoms with E-state index in [0.717, 1.165) is 9.36 Å². The van der Waals surface area contributed by atoms with Gasteiger partial charge in [0.15, 0.2) is 11.6 Å². The van der Waals surface area contributed by atoms with E-state index < -0.39 is 34.6 Å². The number of halogens is 2. The summed E-state index contributed by atoms with van der Waals surface area (Å²) in [4.78, 5) is 74.3. The molecular formula is C48H35Cl2CoN8O10+. The molecule has 2 heterocycles. The summed E-state index contributed by atoms with van der Waals surface area (Å²) in [5.74, 6) is -4.17. The summed E-state index contributed by atoms with van der Waals surface area (Å²) in [6.07, 6.45) is 0. The van der Waals surface area contributed by atoms with Gasteiger partial charge < -0.3 is 40.2 Å². The number of carboxylic acid groups (broad SMARTS) is 2. The molecular weight excluding hydrogens is 978 g/mol. The first kappa shape index (κ1) is 49.9.